The second-order valence-electron chi connectivity index (χ2n) is 11.5. The molecule has 13 nitrogen and oxygen atoms in total. The van der Waals surface area contributed by atoms with Gasteiger partial charge in [-0.3, -0.25) is 23.6 Å². The molecule has 228 valence electrons. The molecule has 1 rings (SSSR count). The lowest BCUT2D eigenvalue weighted by molar-refractivity contribution is -0.156. The molecule has 0 aliphatic rings. The number of anilines is 1. The van der Waals surface area contributed by atoms with E-state index in [9.17, 15) is 18.9 Å². The van der Waals surface area contributed by atoms with Gasteiger partial charge < -0.3 is 14.2 Å². The first-order valence-electron chi connectivity index (χ1n) is 12.3. The van der Waals surface area contributed by atoms with Crippen molar-refractivity contribution in [3.63, 3.8) is 0 Å². The van der Waals surface area contributed by atoms with Gasteiger partial charge in [0.1, 0.15) is 18.0 Å². The van der Waals surface area contributed by atoms with Crippen LogP contribution in [0.3, 0.4) is 0 Å². The van der Waals surface area contributed by atoms with Gasteiger partial charge in [-0.15, -0.1) is 0 Å². The van der Waals surface area contributed by atoms with Crippen LogP contribution in [0.1, 0.15) is 67.9 Å². The monoisotopic (exact) mass is 609 g/mol. The molecule has 15 heteroatoms. The third kappa shape index (κ3) is 13.8. The number of amides is 2. The van der Waals surface area contributed by atoms with Crippen LogP contribution in [0.25, 0.3) is 0 Å². The summed E-state index contributed by atoms with van der Waals surface area (Å²) in [6.07, 6.45) is -0.349. The number of ether oxygens (including phenoxy) is 3. The van der Waals surface area contributed by atoms with Crippen molar-refractivity contribution < 1.29 is 46.7 Å². The van der Waals surface area contributed by atoms with Gasteiger partial charge in [0.15, 0.2) is 6.07 Å². The molecule has 40 heavy (non-hydrogen) atoms. The van der Waals surface area contributed by atoms with E-state index in [2.05, 4.69) is 4.98 Å². The summed E-state index contributed by atoms with van der Waals surface area (Å²) in [4.78, 5) is 44.3. The SMILES string of the molecule is CN(C(=O)OCCl)c1ncccc1CN(CC(=O)OC(C)(C)C)C(=O)OCOP(=O)(OC(C)(C)C)OC(C)(C)C. The van der Waals surface area contributed by atoms with E-state index < -0.39 is 56.1 Å². The van der Waals surface area contributed by atoms with E-state index in [0.29, 0.717) is 5.56 Å². The normalized spacial score (nSPS) is 12.5. The maximum Gasteiger partial charge on any atom is 0.478 e. The van der Waals surface area contributed by atoms with E-state index in [1.54, 1.807) is 74.4 Å². The third-order valence-electron chi connectivity index (χ3n) is 4.16. The predicted molar refractivity (Wildman–Crippen MR) is 148 cm³/mol. The standard InChI is InChI=1S/C25H41ClN3O10P/c1-23(2,3)37-19(30)15-29(14-18-12-11-13-27-20(18)28(10)21(31)34-16-26)22(32)35-17-36-40(33,38-24(4,5)6)39-25(7,8)9/h11-13H,14-17H2,1-10H3. The van der Waals surface area contributed by atoms with Gasteiger partial charge in [-0.1, -0.05) is 17.7 Å². The van der Waals surface area contributed by atoms with Crippen molar-refractivity contribution in [1.29, 1.82) is 0 Å². The van der Waals surface area contributed by atoms with Crippen molar-refractivity contribution >= 4 is 43.4 Å². The maximum absolute atomic E-state index is 13.2. The van der Waals surface area contributed by atoms with Gasteiger partial charge in [0, 0.05) is 18.8 Å². The summed E-state index contributed by atoms with van der Waals surface area (Å²) < 4.78 is 44.9. The number of nitrogens with zero attached hydrogens (tertiary/aromatic N) is 3. The number of carbonyl (C=O) groups is 3. The van der Waals surface area contributed by atoms with Gasteiger partial charge in [-0.2, -0.15) is 0 Å². The number of pyridine rings is 1. The van der Waals surface area contributed by atoms with Crippen molar-refractivity contribution in [3.8, 4) is 0 Å². The Kier molecular flexibility index (Phi) is 12.9. The number of phosphoric ester groups is 1. The Morgan fingerprint density at radius 1 is 0.925 bits per heavy atom. The number of hydrogen-bond donors (Lipinski definition) is 0. The third-order valence-corrected chi connectivity index (χ3v) is 6.23. The fraction of sp³-hybridized carbons (Fsp3) is 0.680. The Morgan fingerprint density at radius 3 is 2.00 bits per heavy atom. The fourth-order valence-electron chi connectivity index (χ4n) is 2.98. The van der Waals surface area contributed by atoms with Crippen molar-refractivity contribution in [2.24, 2.45) is 0 Å². The molecule has 0 spiro atoms. The summed E-state index contributed by atoms with van der Waals surface area (Å²) in [7, 11) is -2.77. The van der Waals surface area contributed by atoms with Gasteiger partial charge in [-0.05, 0) is 68.4 Å². The average molecular weight is 610 g/mol. The highest BCUT2D eigenvalue weighted by Gasteiger charge is 2.38. The van der Waals surface area contributed by atoms with Crippen LogP contribution in [-0.2, 0) is 43.7 Å². The van der Waals surface area contributed by atoms with Crippen LogP contribution >= 0.6 is 19.4 Å². The van der Waals surface area contributed by atoms with Crippen molar-refractivity contribution in [2.75, 3.05) is 31.4 Å². The topological polar surface area (TPSA) is 143 Å². The molecule has 2 amide bonds. The minimum atomic E-state index is -4.18. The Morgan fingerprint density at radius 2 is 1.50 bits per heavy atom. The summed E-state index contributed by atoms with van der Waals surface area (Å²) in [5.41, 5.74) is -2.25. The minimum absolute atomic E-state index is 0.150. The molecule has 0 aliphatic carbocycles. The Hall–Kier alpha value is -2.44. The van der Waals surface area contributed by atoms with Crippen molar-refractivity contribution in [2.45, 2.75) is 85.7 Å². The summed E-state index contributed by atoms with van der Waals surface area (Å²) in [5.74, 6) is -0.568. The molecule has 1 heterocycles. The van der Waals surface area contributed by atoms with Crippen LogP contribution in [0, 0.1) is 0 Å². The number of alkyl halides is 1. The number of esters is 1. The lowest BCUT2D eigenvalue weighted by atomic mass is 10.2. The highest BCUT2D eigenvalue weighted by molar-refractivity contribution is 7.48. The summed E-state index contributed by atoms with van der Waals surface area (Å²) in [5, 5.41) is 0. The Balaban J connectivity index is 3.19. The molecule has 0 bridgehead atoms. The molecule has 0 atom stereocenters. The van der Waals surface area contributed by atoms with Crippen LogP contribution in [0.4, 0.5) is 15.4 Å². The zero-order chi connectivity index (χ0) is 30.9. The van der Waals surface area contributed by atoms with E-state index in [1.165, 1.54) is 13.2 Å². The van der Waals surface area contributed by atoms with Gasteiger partial charge in [-0.25, -0.2) is 23.7 Å². The van der Waals surface area contributed by atoms with E-state index in [1.807, 2.05) is 0 Å². The van der Waals surface area contributed by atoms with Gasteiger partial charge in [0.25, 0.3) is 0 Å². The number of rotatable bonds is 11. The van der Waals surface area contributed by atoms with Gasteiger partial charge in [0.05, 0.1) is 17.7 Å². The Bertz CT molecular complexity index is 1050. The largest absolute Gasteiger partial charge is 0.478 e. The van der Waals surface area contributed by atoms with E-state index in [4.69, 9.17) is 39.4 Å². The molecule has 0 saturated carbocycles. The highest BCUT2D eigenvalue weighted by Crippen LogP contribution is 2.55. The average Bonchev–Trinajstić information content (AvgIpc) is 2.74. The van der Waals surface area contributed by atoms with Crippen LogP contribution in [0.2, 0.25) is 0 Å². The predicted octanol–water partition coefficient (Wildman–Crippen LogP) is 5.84. The second-order valence-corrected chi connectivity index (χ2v) is 13.3. The highest BCUT2D eigenvalue weighted by atomic mass is 35.5. The fourth-order valence-corrected chi connectivity index (χ4v) is 4.74. The van der Waals surface area contributed by atoms with Crippen LogP contribution < -0.4 is 4.90 Å². The molecule has 1 aromatic heterocycles. The molecular formula is C25H41ClN3O10P. The maximum atomic E-state index is 13.2. The number of hydrogen-bond acceptors (Lipinski definition) is 11. The number of phosphoric acid groups is 1. The molecule has 0 aliphatic heterocycles. The molecule has 0 fully saturated rings. The van der Waals surface area contributed by atoms with Gasteiger partial charge >= 0.3 is 26.0 Å². The molecular weight excluding hydrogens is 569 g/mol. The lowest BCUT2D eigenvalue weighted by Gasteiger charge is -2.31. The van der Waals surface area contributed by atoms with Crippen molar-refractivity contribution in [1.82, 2.24) is 9.88 Å². The number of carbonyl (C=O) groups excluding carboxylic acids is 3. The zero-order valence-electron chi connectivity index (χ0n) is 24.8. The van der Waals surface area contributed by atoms with Gasteiger partial charge in [0.2, 0.25) is 6.79 Å². The van der Waals surface area contributed by atoms with Crippen LogP contribution in [0.5, 0.6) is 0 Å². The molecule has 0 aromatic carbocycles. The summed E-state index contributed by atoms with van der Waals surface area (Å²) >= 11 is 5.49. The Labute approximate surface area is 240 Å². The smallest absolute Gasteiger partial charge is 0.459 e. The first-order chi connectivity index (χ1) is 18.1. The van der Waals surface area contributed by atoms with E-state index in [-0.39, 0.29) is 18.4 Å². The number of halogens is 1. The second kappa shape index (κ2) is 14.5. The zero-order valence-corrected chi connectivity index (χ0v) is 26.5. The molecule has 0 N–H and O–H groups in total. The van der Waals surface area contributed by atoms with Crippen LogP contribution in [0.15, 0.2) is 18.3 Å². The number of aromatic nitrogens is 1. The molecule has 0 radical (unpaired) electrons. The molecule has 0 unspecified atom stereocenters. The molecule has 1 aromatic rings. The quantitative estimate of drug-likeness (QED) is 0.0980. The van der Waals surface area contributed by atoms with Crippen LogP contribution in [-0.4, -0.2) is 71.3 Å². The lowest BCUT2D eigenvalue weighted by Crippen LogP contribution is -2.39. The minimum Gasteiger partial charge on any atom is -0.459 e. The van der Waals surface area contributed by atoms with E-state index in [0.717, 1.165) is 9.80 Å². The molecule has 0 saturated heterocycles. The first-order valence-corrected chi connectivity index (χ1v) is 14.3. The first kappa shape index (κ1) is 35.6. The summed E-state index contributed by atoms with van der Waals surface area (Å²) in [6.45, 7) is 13.5. The summed E-state index contributed by atoms with van der Waals surface area (Å²) in [6, 6.07) is 2.81. The van der Waals surface area contributed by atoms with E-state index >= 15 is 0 Å². The van der Waals surface area contributed by atoms with Crippen molar-refractivity contribution in [3.05, 3.63) is 23.9 Å².